The maximum atomic E-state index is 6.34. The van der Waals surface area contributed by atoms with Crippen molar-refractivity contribution >= 4 is 11.6 Å². The van der Waals surface area contributed by atoms with Crippen molar-refractivity contribution in [3.8, 4) is 17.2 Å². The first-order valence-corrected chi connectivity index (χ1v) is 9.78. The van der Waals surface area contributed by atoms with Gasteiger partial charge in [0, 0.05) is 44.2 Å². The van der Waals surface area contributed by atoms with Crippen molar-refractivity contribution in [2.45, 2.75) is 12.5 Å². The van der Waals surface area contributed by atoms with Crippen molar-refractivity contribution in [2.75, 3.05) is 46.6 Å². The van der Waals surface area contributed by atoms with Crippen LogP contribution in [-0.2, 0) is 0 Å². The minimum Gasteiger partial charge on any atom is -0.486 e. The molecule has 1 atom stereocenters. The first-order valence-electron chi connectivity index (χ1n) is 9.40. The van der Waals surface area contributed by atoms with Crippen LogP contribution in [0.15, 0.2) is 42.5 Å². The zero-order chi connectivity index (χ0) is 18.6. The second-order valence-corrected chi connectivity index (χ2v) is 7.54. The summed E-state index contributed by atoms with van der Waals surface area (Å²) in [5, 5.41) is 0.708. The van der Waals surface area contributed by atoms with E-state index in [4.69, 9.17) is 25.8 Å². The molecule has 4 rings (SSSR count). The Morgan fingerprint density at radius 1 is 1.00 bits per heavy atom. The highest BCUT2D eigenvalue weighted by atomic mass is 35.5. The highest BCUT2D eigenvalue weighted by molar-refractivity contribution is 6.30. The van der Waals surface area contributed by atoms with E-state index < -0.39 is 0 Å². The predicted molar refractivity (Wildman–Crippen MR) is 106 cm³/mol. The standard InChI is InChI=1S/C21H25ClN2O3/c1-23-10-12-24(13-11-23)9-8-19(27-18-5-3-17(22)4-6-18)16-2-7-20-21(14-16)26-15-25-20/h2-7,14,19H,8-13,15H2,1H3. The largest absolute Gasteiger partial charge is 0.486 e. The molecular formula is C21H25ClN2O3. The molecule has 1 saturated heterocycles. The number of fused-ring (bicyclic) bond motifs is 1. The summed E-state index contributed by atoms with van der Waals surface area (Å²) in [4.78, 5) is 4.88. The summed E-state index contributed by atoms with van der Waals surface area (Å²) in [5.74, 6) is 2.40. The second kappa shape index (κ2) is 8.38. The lowest BCUT2D eigenvalue weighted by atomic mass is 10.0. The third-order valence-electron chi connectivity index (χ3n) is 5.16. The summed E-state index contributed by atoms with van der Waals surface area (Å²) in [7, 11) is 2.18. The molecule has 1 fully saturated rings. The molecule has 27 heavy (non-hydrogen) atoms. The Hall–Kier alpha value is -1.95. The lowest BCUT2D eigenvalue weighted by Crippen LogP contribution is -2.45. The summed E-state index contributed by atoms with van der Waals surface area (Å²) in [6.45, 7) is 5.72. The molecule has 2 aromatic carbocycles. The fraction of sp³-hybridized carbons (Fsp3) is 0.429. The zero-order valence-electron chi connectivity index (χ0n) is 15.6. The smallest absolute Gasteiger partial charge is 0.231 e. The first-order chi connectivity index (χ1) is 13.2. The van der Waals surface area contributed by atoms with Gasteiger partial charge in [0.1, 0.15) is 11.9 Å². The predicted octanol–water partition coefficient (Wildman–Crippen LogP) is 3.83. The number of ether oxygens (including phenoxy) is 3. The fourth-order valence-electron chi connectivity index (χ4n) is 3.46. The van der Waals surface area contributed by atoms with Gasteiger partial charge in [0.2, 0.25) is 6.79 Å². The number of benzene rings is 2. The quantitative estimate of drug-likeness (QED) is 0.751. The van der Waals surface area contributed by atoms with E-state index in [9.17, 15) is 0 Å². The molecule has 5 nitrogen and oxygen atoms in total. The Bertz CT molecular complexity index is 761. The van der Waals surface area contributed by atoms with E-state index in [-0.39, 0.29) is 12.9 Å². The van der Waals surface area contributed by atoms with Crippen LogP contribution in [0.3, 0.4) is 0 Å². The van der Waals surface area contributed by atoms with Crippen LogP contribution in [0.5, 0.6) is 17.2 Å². The van der Waals surface area contributed by atoms with Gasteiger partial charge in [-0.2, -0.15) is 0 Å². The number of hydrogen-bond donors (Lipinski definition) is 0. The van der Waals surface area contributed by atoms with Crippen LogP contribution in [0.1, 0.15) is 18.1 Å². The van der Waals surface area contributed by atoms with Gasteiger partial charge in [0.25, 0.3) is 0 Å². The minimum absolute atomic E-state index is 0.0552. The number of nitrogens with zero attached hydrogens (tertiary/aromatic N) is 2. The molecule has 0 aromatic heterocycles. The molecule has 6 heteroatoms. The van der Waals surface area contributed by atoms with E-state index in [1.54, 1.807) is 0 Å². The van der Waals surface area contributed by atoms with Crippen LogP contribution < -0.4 is 14.2 Å². The highest BCUT2D eigenvalue weighted by Gasteiger charge is 2.21. The number of halogens is 1. The van der Waals surface area contributed by atoms with E-state index in [0.29, 0.717) is 5.02 Å². The summed E-state index contributed by atoms with van der Waals surface area (Å²) in [6, 6.07) is 13.6. The summed E-state index contributed by atoms with van der Waals surface area (Å²) < 4.78 is 17.3. The van der Waals surface area contributed by atoms with Gasteiger partial charge in [-0.25, -0.2) is 0 Å². The third kappa shape index (κ3) is 4.67. The molecule has 2 aliphatic rings. The van der Waals surface area contributed by atoms with Crippen molar-refractivity contribution in [2.24, 2.45) is 0 Å². The van der Waals surface area contributed by atoms with Gasteiger partial charge in [-0.15, -0.1) is 0 Å². The van der Waals surface area contributed by atoms with Crippen LogP contribution in [0, 0.1) is 0 Å². The maximum Gasteiger partial charge on any atom is 0.231 e. The van der Waals surface area contributed by atoms with Crippen LogP contribution in [0.25, 0.3) is 0 Å². The van der Waals surface area contributed by atoms with Crippen LogP contribution in [0.4, 0.5) is 0 Å². The molecule has 0 saturated carbocycles. The molecule has 2 aromatic rings. The van der Waals surface area contributed by atoms with E-state index >= 15 is 0 Å². The van der Waals surface area contributed by atoms with Crippen LogP contribution >= 0.6 is 11.6 Å². The van der Waals surface area contributed by atoms with Crippen molar-refractivity contribution in [3.05, 3.63) is 53.1 Å². The molecular weight excluding hydrogens is 364 g/mol. The Morgan fingerprint density at radius 3 is 2.52 bits per heavy atom. The Kier molecular flexibility index (Phi) is 5.72. The van der Waals surface area contributed by atoms with E-state index in [1.807, 2.05) is 36.4 Å². The monoisotopic (exact) mass is 388 g/mol. The molecule has 0 radical (unpaired) electrons. The fourth-order valence-corrected chi connectivity index (χ4v) is 3.58. The molecule has 144 valence electrons. The average Bonchev–Trinajstić information content (AvgIpc) is 3.16. The molecule has 0 amide bonds. The van der Waals surface area contributed by atoms with Gasteiger partial charge >= 0.3 is 0 Å². The molecule has 0 bridgehead atoms. The average molecular weight is 389 g/mol. The summed E-state index contributed by atoms with van der Waals surface area (Å²) in [5.41, 5.74) is 1.10. The Labute approximate surface area is 165 Å². The van der Waals surface area contributed by atoms with Crippen molar-refractivity contribution in [3.63, 3.8) is 0 Å². The lowest BCUT2D eigenvalue weighted by molar-refractivity contribution is 0.123. The second-order valence-electron chi connectivity index (χ2n) is 7.11. The van der Waals surface area contributed by atoms with E-state index in [1.165, 1.54) is 0 Å². The highest BCUT2D eigenvalue weighted by Crippen LogP contribution is 2.36. The normalized spacial score (nSPS) is 18.4. The van der Waals surface area contributed by atoms with Crippen LogP contribution in [-0.4, -0.2) is 56.4 Å². The molecule has 1 unspecified atom stereocenters. The number of likely N-dealkylation sites (N-methyl/N-ethyl adjacent to an activating group) is 1. The van der Waals surface area contributed by atoms with Crippen molar-refractivity contribution in [1.29, 1.82) is 0 Å². The summed E-state index contributed by atoms with van der Waals surface area (Å²) >= 11 is 6.01. The van der Waals surface area contributed by atoms with Gasteiger partial charge in [0.15, 0.2) is 11.5 Å². The van der Waals surface area contributed by atoms with Gasteiger partial charge in [0.05, 0.1) is 0 Å². The first kappa shape index (κ1) is 18.4. The third-order valence-corrected chi connectivity index (χ3v) is 5.42. The Morgan fingerprint density at radius 2 is 1.74 bits per heavy atom. The summed E-state index contributed by atoms with van der Waals surface area (Å²) in [6.07, 6.45) is 0.853. The molecule has 0 N–H and O–H groups in total. The molecule has 0 spiro atoms. The molecule has 2 aliphatic heterocycles. The topological polar surface area (TPSA) is 34.2 Å². The van der Waals surface area contributed by atoms with Crippen molar-refractivity contribution in [1.82, 2.24) is 9.80 Å². The van der Waals surface area contributed by atoms with Gasteiger partial charge < -0.3 is 24.0 Å². The zero-order valence-corrected chi connectivity index (χ0v) is 16.3. The molecule has 0 aliphatic carbocycles. The van der Waals surface area contributed by atoms with Crippen molar-refractivity contribution < 1.29 is 14.2 Å². The van der Waals surface area contributed by atoms with Gasteiger partial charge in [-0.3, -0.25) is 0 Å². The van der Waals surface area contributed by atoms with Crippen LogP contribution in [0.2, 0.25) is 5.02 Å². The Balaban J connectivity index is 1.48. The minimum atomic E-state index is -0.0552. The van der Waals surface area contributed by atoms with Gasteiger partial charge in [-0.05, 0) is 49.0 Å². The van der Waals surface area contributed by atoms with E-state index in [2.05, 4.69) is 22.9 Å². The molecule has 2 heterocycles. The number of rotatable bonds is 6. The van der Waals surface area contributed by atoms with E-state index in [0.717, 1.165) is 62.0 Å². The maximum absolute atomic E-state index is 6.34. The lowest BCUT2D eigenvalue weighted by Gasteiger charge is -2.33. The number of hydrogen-bond acceptors (Lipinski definition) is 5. The number of piperazine rings is 1. The SMILES string of the molecule is CN1CCN(CCC(Oc2ccc(Cl)cc2)c2ccc3c(c2)OCO3)CC1. The van der Waals surface area contributed by atoms with Gasteiger partial charge in [-0.1, -0.05) is 17.7 Å².